The number of benzene rings is 3. The molecule has 3 aromatic rings. The Kier molecular flexibility index (Phi) is 15.5. The summed E-state index contributed by atoms with van der Waals surface area (Å²) in [7, 11) is 0. The number of piperidine rings is 2. The zero-order valence-electron chi connectivity index (χ0n) is 25.1. The Balaban J connectivity index is 0.00000264. The van der Waals surface area contributed by atoms with Crippen LogP contribution < -0.4 is 21.5 Å². The molecule has 5 rings (SSSR count). The lowest BCUT2D eigenvalue weighted by atomic mass is 9.92. The summed E-state index contributed by atoms with van der Waals surface area (Å²) in [5, 5.41) is 21.0. The van der Waals surface area contributed by atoms with Crippen LogP contribution in [0.2, 0.25) is 0 Å². The number of hydrogen-bond donors (Lipinski definition) is 4. The summed E-state index contributed by atoms with van der Waals surface area (Å²) in [6.07, 6.45) is 11.6. The molecule has 0 atom stereocenters. The Bertz CT molecular complexity index is 1260. The monoisotopic (exact) mass is 674 g/mol. The van der Waals surface area contributed by atoms with Crippen molar-refractivity contribution >= 4 is 93.4 Å². The summed E-state index contributed by atoms with van der Waals surface area (Å²) in [5.74, 6) is 0. The van der Waals surface area contributed by atoms with Crippen LogP contribution in [0.4, 0.5) is 0 Å². The standard InChI is InChI=1S/C32H42N8S2.2ClH/c41-31(33-15-21-39-17-7-1-8-18-39)37-35-23-29-25-11-3-5-13-27(25)30(28-14-6-4-12-26(28)29)24-36-38-32(42)34-16-22-40-19-9-2-10-20-40;;/h3-6,11-14,23-24H,1-2,7-10,15-22H2,(H2,33,37,41)(H2,34,38,42);2*1H/b35-23+,36-24+;;. The van der Waals surface area contributed by atoms with E-state index in [9.17, 15) is 0 Å². The molecule has 44 heavy (non-hydrogen) atoms. The molecule has 2 heterocycles. The molecular weight excluding hydrogens is 631 g/mol. The van der Waals surface area contributed by atoms with Gasteiger partial charge in [-0.25, -0.2) is 0 Å². The highest BCUT2D eigenvalue weighted by molar-refractivity contribution is 7.80. The van der Waals surface area contributed by atoms with Gasteiger partial charge in [0.1, 0.15) is 0 Å². The van der Waals surface area contributed by atoms with Crippen LogP contribution in [0.15, 0.2) is 58.7 Å². The summed E-state index contributed by atoms with van der Waals surface area (Å²) < 4.78 is 0. The van der Waals surface area contributed by atoms with Crippen LogP contribution in [0.1, 0.15) is 49.7 Å². The molecule has 12 heteroatoms. The molecule has 2 saturated heterocycles. The van der Waals surface area contributed by atoms with E-state index in [1.165, 1.54) is 64.7 Å². The van der Waals surface area contributed by atoms with Gasteiger partial charge < -0.3 is 20.4 Å². The number of fused-ring (bicyclic) bond motifs is 2. The van der Waals surface area contributed by atoms with E-state index in [-0.39, 0.29) is 24.8 Å². The number of hydrogen-bond acceptors (Lipinski definition) is 6. The first-order chi connectivity index (χ1) is 20.7. The number of hydrazone groups is 2. The van der Waals surface area contributed by atoms with Crippen molar-refractivity contribution in [2.45, 2.75) is 38.5 Å². The van der Waals surface area contributed by atoms with Crippen LogP contribution in [-0.4, -0.2) is 84.8 Å². The van der Waals surface area contributed by atoms with E-state index in [0.29, 0.717) is 10.2 Å². The molecule has 2 aliphatic rings. The second-order valence-electron chi connectivity index (χ2n) is 11.0. The SMILES string of the molecule is Cl.Cl.S=C(NCCN1CCCCC1)N/N=C/c1c2ccccc2c(/C=N/NC(=S)NCCN2CCCCC2)c2ccccc12. The van der Waals surface area contributed by atoms with E-state index in [4.69, 9.17) is 24.4 Å². The van der Waals surface area contributed by atoms with Gasteiger partial charge in [-0.05, 0) is 97.8 Å². The Morgan fingerprint density at radius 2 is 0.932 bits per heavy atom. The smallest absolute Gasteiger partial charge is 0.187 e. The Morgan fingerprint density at radius 3 is 1.27 bits per heavy atom. The maximum atomic E-state index is 5.48. The van der Waals surface area contributed by atoms with Gasteiger partial charge in [-0.3, -0.25) is 10.9 Å². The first kappa shape index (κ1) is 35.9. The fourth-order valence-corrected chi connectivity index (χ4v) is 6.19. The van der Waals surface area contributed by atoms with Gasteiger partial charge in [0.25, 0.3) is 0 Å². The summed E-state index contributed by atoms with van der Waals surface area (Å²) in [5.41, 5.74) is 8.08. The predicted molar refractivity (Wildman–Crippen MR) is 199 cm³/mol. The van der Waals surface area contributed by atoms with Crippen molar-refractivity contribution in [1.82, 2.24) is 31.3 Å². The molecule has 0 aromatic heterocycles. The number of thiocarbonyl (C=S) groups is 2. The maximum Gasteiger partial charge on any atom is 0.187 e. The summed E-state index contributed by atoms with van der Waals surface area (Å²) >= 11 is 11.0. The number of nitrogens with zero attached hydrogens (tertiary/aromatic N) is 4. The first-order valence-corrected chi connectivity index (χ1v) is 16.0. The largest absolute Gasteiger partial charge is 0.360 e. The molecule has 0 amide bonds. The van der Waals surface area contributed by atoms with E-state index in [2.05, 4.69) is 90.0 Å². The Labute approximate surface area is 284 Å². The van der Waals surface area contributed by atoms with Gasteiger partial charge in [0.15, 0.2) is 10.2 Å². The molecule has 0 spiro atoms. The van der Waals surface area contributed by atoms with Crippen molar-refractivity contribution in [1.29, 1.82) is 0 Å². The maximum absolute atomic E-state index is 5.48. The van der Waals surface area contributed by atoms with E-state index in [0.717, 1.165) is 58.9 Å². The van der Waals surface area contributed by atoms with Gasteiger partial charge in [-0.15, -0.1) is 24.8 Å². The van der Waals surface area contributed by atoms with Crippen LogP contribution in [0.5, 0.6) is 0 Å². The normalized spacial score (nSPS) is 16.0. The topological polar surface area (TPSA) is 79.3 Å². The second kappa shape index (κ2) is 19.0. The molecule has 0 unspecified atom stereocenters. The molecule has 4 N–H and O–H groups in total. The molecule has 8 nitrogen and oxygen atoms in total. The fraction of sp³-hybridized carbons (Fsp3) is 0.438. The third-order valence-corrected chi connectivity index (χ3v) is 8.53. The molecule has 2 fully saturated rings. The molecule has 0 saturated carbocycles. The Morgan fingerprint density at radius 1 is 0.591 bits per heavy atom. The average Bonchev–Trinajstić information content (AvgIpc) is 3.03. The third kappa shape index (κ3) is 10.2. The zero-order valence-corrected chi connectivity index (χ0v) is 28.4. The van der Waals surface area contributed by atoms with E-state index < -0.39 is 0 Å². The second-order valence-corrected chi connectivity index (χ2v) is 11.8. The fourth-order valence-electron chi connectivity index (χ4n) is 5.89. The van der Waals surface area contributed by atoms with Crippen LogP contribution in [0.25, 0.3) is 21.5 Å². The molecule has 2 aliphatic heterocycles. The quantitative estimate of drug-likeness (QED) is 0.0985. The van der Waals surface area contributed by atoms with Crippen molar-refractivity contribution in [2.24, 2.45) is 10.2 Å². The molecule has 0 radical (unpaired) electrons. The van der Waals surface area contributed by atoms with Crippen LogP contribution >= 0.6 is 49.2 Å². The Hall–Kier alpha value is -2.60. The molecule has 3 aromatic carbocycles. The lowest BCUT2D eigenvalue weighted by Crippen LogP contribution is -2.40. The number of likely N-dealkylation sites (tertiary alicyclic amines) is 2. The highest BCUT2D eigenvalue weighted by Gasteiger charge is 2.13. The van der Waals surface area contributed by atoms with Gasteiger partial charge in [-0.2, -0.15) is 10.2 Å². The summed E-state index contributed by atoms with van der Waals surface area (Å²) in [4.78, 5) is 4.98. The zero-order chi connectivity index (χ0) is 29.0. The van der Waals surface area contributed by atoms with Crippen molar-refractivity contribution < 1.29 is 0 Å². The molecule has 0 bridgehead atoms. The third-order valence-electron chi connectivity index (χ3n) is 8.06. The number of halogens is 2. The van der Waals surface area contributed by atoms with E-state index >= 15 is 0 Å². The first-order valence-electron chi connectivity index (χ1n) is 15.2. The average molecular weight is 676 g/mol. The minimum Gasteiger partial charge on any atom is -0.360 e. The predicted octanol–water partition coefficient (Wildman–Crippen LogP) is 5.40. The summed E-state index contributed by atoms with van der Waals surface area (Å²) in [6, 6.07) is 16.7. The van der Waals surface area contributed by atoms with Crippen LogP contribution in [0, 0.1) is 0 Å². The van der Waals surface area contributed by atoms with E-state index in [1.807, 2.05) is 12.4 Å². The van der Waals surface area contributed by atoms with Gasteiger partial charge >= 0.3 is 0 Å². The highest BCUT2D eigenvalue weighted by atomic mass is 35.5. The van der Waals surface area contributed by atoms with Crippen molar-refractivity contribution in [3.05, 3.63) is 59.7 Å². The highest BCUT2D eigenvalue weighted by Crippen LogP contribution is 2.31. The van der Waals surface area contributed by atoms with Crippen LogP contribution in [-0.2, 0) is 0 Å². The molecule has 0 aliphatic carbocycles. The summed E-state index contributed by atoms with van der Waals surface area (Å²) in [6.45, 7) is 8.34. The van der Waals surface area contributed by atoms with Gasteiger partial charge in [0.05, 0.1) is 12.4 Å². The van der Waals surface area contributed by atoms with Gasteiger partial charge in [0.2, 0.25) is 0 Å². The lowest BCUT2D eigenvalue weighted by molar-refractivity contribution is 0.232. The van der Waals surface area contributed by atoms with E-state index in [1.54, 1.807) is 0 Å². The van der Waals surface area contributed by atoms with Crippen molar-refractivity contribution in [3.63, 3.8) is 0 Å². The minimum absolute atomic E-state index is 0. The van der Waals surface area contributed by atoms with Crippen LogP contribution in [0.3, 0.4) is 0 Å². The van der Waals surface area contributed by atoms with Crippen molar-refractivity contribution in [2.75, 3.05) is 52.4 Å². The van der Waals surface area contributed by atoms with Gasteiger partial charge in [-0.1, -0.05) is 61.4 Å². The minimum atomic E-state index is 0. The number of nitrogens with one attached hydrogen (secondary N) is 4. The van der Waals surface area contributed by atoms with Crippen molar-refractivity contribution in [3.8, 4) is 0 Å². The van der Waals surface area contributed by atoms with Gasteiger partial charge in [0, 0.05) is 37.3 Å². The lowest BCUT2D eigenvalue weighted by Gasteiger charge is -2.26. The number of rotatable bonds is 10. The molecular formula is C32H44Cl2N8S2. The molecule has 238 valence electrons.